The van der Waals surface area contributed by atoms with Crippen LogP contribution in [0, 0.1) is 0 Å². The quantitative estimate of drug-likeness (QED) is 0.239. The Labute approximate surface area is 256 Å². The molecule has 1 aliphatic rings. The number of benzene rings is 3. The van der Waals surface area contributed by atoms with Gasteiger partial charge in [0.25, 0.3) is 15.9 Å². The van der Waals surface area contributed by atoms with Gasteiger partial charge in [0.05, 0.1) is 11.8 Å². The molecular weight excluding hydrogens is 574 g/mol. The van der Waals surface area contributed by atoms with Crippen LogP contribution in [0.5, 0.6) is 5.75 Å². The summed E-state index contributed by atoms with van der Waals surface area (Å²) in [5.41, 5.74) is 3.78. The van der Waals surface area contributed by atoms with E-state index >= 15 is 0 Å². The van der Waals surface area contributed by atoms with Gasteiger partial charge in [-0.05, 0) is 35.4 Å². The Morgan fingerprint density at radius 1 is 0.864 bits per heavy atom. The first-order chi connectivity index (χ1) is 21.3. The van der Waals surface area contributed by atoms with Crippen LogP contribution in [0.1, 0.15) is 45.2 Å². The number of carbonyl (C=O) groups is 1. The molecule has 1 amide bonds. The molecule has 44 heavy (non-hydrogen) atoms. The SMILES string of the molecule is Cn1c(C(=O)N2N=C(c3cccnc3)CC2c2ccccc2O)ccc1S(=O)(=O)N(Cc1ccccc1)Cc1ccccc1. The molecule has 1 atom stereocenters. The Morgan fingerprint density at radius 3 is 2.11 bits per heavy atom. The van der Waals surface area contributed by atoms with Gasteiger partial charge in [-0.25, -0.2) is 13.4 Å². The highest BCUT2D eigenvalue weighted by Crippen LogP contribution is 2.38. The van der Waals surface area contributed by atoms with E-state index in [1.54, 1.807) is 49.8 Å². The summed E-state index contributed by atoms with van der Waals surface area (Å²) in [6, 6.07) is 31.7. The maximum absolute atomic E-state index is 14.2. The van der Waals surface area contributed by atoms with Crippen molar-refractivity contribution in [2.45, 2.75) is 30.6 Å². The fourth-order valence-electron chi connectivity index (χ4n) is 5.43. The Kier molecular flexibility index (Phi) is 8.10. The van der Waals surface area contributed by atoms with E-state index < -0.39 is 22.0 Å². The fourth-order valence-corrected chi connectivity index (χ4v) is 7.02. The van der Waals surface area contributed by atoms with Crippen LogP contribution in [0.15, 0.2) is 132 Å². The minimum absolute atomic E-state index is 0.0116. The van der Waals surface area contributed by atoms with Gasteiger partial charge in [0.2, 0.25) is 0 Å². The van der Waals surface area contributed by atoms with E-state index in [-0.39, 0.29) is 29.6 Å². The molecule has 3 heterocycles. The highest BCUT2D eigenvalue weighted by atomic mass is 32.2. The van der Waals surface area contributed by atoms with Gasteiger partial charge in [0.15, 0.2) is 5.03 Å². The lowest BCUT2D eigenvalue weighted by molar-refractivity contribution is 0.0699. The number of nitrogens with zero attached hydrogens (tertiary/aromatic N) is 5. The van der Waals surface area contributed by atoms with Crippen molar-refractivity contribution in [1.29, 1.82) is 0 Å². The molecule has 0 saturated carbocycles. The Hall–Kier alpha value is -5.06. The van der Waals surface area contributed by atoms with Crippen molar-refractivity contribution in [3.63, 3.8) is 0 Å². The summed E-state index contributed by atoms with van der Waals surface area (Å²) >= 11 is 0. The molecule has 9 nitrogen and oxygen atoms in total. The monoisotopic (exact) mass is 605 g/mol. The summed E-state index contributed by atoms with van der Waals surface area (Å²) in [5.74, 6) is -0.440. The molecule has 1 aliphatic heterocycles. The lowest BCUT2D eigenvalue weighted by Gasteiger charge is -2.24. The summed E-state index contributed by atoms with van der Waals surface area (Å²) in [6.45, 7) is 0.319. The van der Waals surface area contributed by atoms with E-state index in [2.05, 4.69) is 10.1 Å². The predicted octanol–water partition coefficient (Wildman–Crippen LogP) is 5.51. The highest BCUT2D eigenvalue weighted by molar-refractivity contribution is 7.89. The second-order valence-electron chi connectivity index (χ2n) is 10.6. The Morgan fingerprint density at radius 2 is 1.50 bits per heavy atom. The van der Waals surface area contributed by atoms with Crippen LogP contribution in [0.25, 0.3) is 0 Å². The summed E-state index contributed by atoms with van der Waals surface area (Å²) in [6.07, 6.45) is 3.69. The van der Waals surface area contributed by atoms with E-state index in [0.29, 0.717) is 17.7 Å². The molecule has 6 rings (SSSR count). The summed E-state index contributed by atoms with van der Waals surface area (Å²) in [5, 5.41) is 16.7. The van der Waals surface area contributed by atoms with Crippen molar-refractivity contribution in [1.82, 2.24) is 18.9 Å². The van der Waals surface area contributed by atoms with Crippen molar-refractivity contribution in [3.8, 4) is 5.75 Å². The average molecular weight is 606 g/mol. The van der Waals surface area contributed by atoms with Gasteiger partial charge >= 0.3 is 0 Å². The second-order valence-corrected chi connectivity index (χ2v) is 12.5. The number of carbonyl (C=O) groups excluding carboxylic acids is 1. The topological polar surface area (TPSA) is 108 Å². The molecular formula is C34H31N5O4S. The van der Waals surface area contributed by atoms with Crippen LogP contribution in [-0.4, -0.2) is 44.0 Å². The third kappa shape index (κ3) is 5.77. The molecule has 0 spiro atoms. The van der Waals surface area contributed by atoms with Gasteiger partial charge in [0, 0.05) is 50.1 Å². The number of sulfonamides is 1. The molecule has 3 aromatic carbocycles. The number of aromatic hydroxyl groups is 1. The number of aromatic nitrogens is 2. The summed E-state index contributed by atoms with van der Waals surface area (Å²) in [4.78, 5) is 18.3. The lowest BCUT2D eigenvalue weighted by atomic mass is 9.98. The van der Waals surface area contributed by atoms with Crippen molar-refractivity contribution < 1.29 is 18.3 Å². The Balaban J connectivity index is 1.36. The maximum atomic E-state index is 14.2. The third-order valence-corrected chi connectivity index (χ3v) is 9.59. The van der Waals surface area contributed by atoms with Crippen molar-refractivity contribution in [3.05, 3.63) is 150 Å². The predicted molar refractivity (Wildman–Crippen MR) is 167 cm³/mol. The van der Waals surface area contributed by atoms with E-state index in [1.807, 2.05) is 66.7 Å². The third-order valence-electron chi connectivity index (χ3n) is 7.71. The standard InChI is InChI=1S/C34H31N5O4S/c1-37-30(34(41)39-31(28-16-8-9-17-32(28)40)21-29(36-39)27-15-10-20-35-22-27)18-19-33(37)44(42,43)38(23-25-11-4-2-5-12-25)24-26-13-6-3-7-14-26/h2-20,22,31,40H,21,23-24H2,1H3. The zero-order valence-electron chi connectivity index (χ0n) is 24.1. The normalized spacial score (nSPS) is 15.0. The van der Waals surface area contributed by atoms with E-state index in [4.69, 9.17) is 0 Å². The molecule has 2 aromatic heterocycles. The largest absolute Gasteiger partial charge is 0.508 e. The van der Waals surface area contributed by atoms with E-state index in [0.717, 1.165) is 16.7 Å². The molecule has 5 aromatic rings. The molecule has 222 valence electrons. The number of para-hydroxylation sites is 1. The maximum Gasteiger partial charge on any atom is 0.291 e. The number of rotatable bonds is 9. The first kappa shape index (κ1) is 29.0. The zero-order chi connectivity index (χ0) is 30.7. The molecule has 0 bridgehead atoms. The molecule has 0 aliphatic carbocycles. The number of hydrazone groups is 1. The second kappa shape index (κ2) is 12.3. The molecule has 1 unspecified atom stereocenters. The first-order valence-electron chi connectivity index (χ1n) is 14.2. The number of hydrogen-bond donors (Lipinski definition) is 1. The van der Waals surface area contributed by atoms with Crippen molar-refractivity contribution >= 4 is 21.6 Å². The van der Waals surface area contributed by atoms with Gasteiger partial charge in [-0.15, -0.1) is 0 Å². The van der Waals surface area contributed by atoms with E-state index in [1.165, 1.54) is 26.0 Å². The number of phenols is 1. The molecule has 10 heteroatoms. The molecule has 0 radical (unpaired) electrons. The summed E-state index contributed by atoms with van der Waals surface area (Å²) < 4.78 is 31.2. The van der Waals surface area contributed by atoms with Crippen LogP contribution in [-0.2, 0) is 30.2 Å². The van der Waals surface area contributed by atoms with Crippen molar-refractivity contribution in [2.24, 2.45) is 12.1 Å². The van der Waals surface area contributed by atoms with Crippen LogP contribution < -0.4 is 0 Å². The van der Waals surface area contributed by atoms with Gasteiger partial charge in [0.1, 0.15) is 11.4 Å². The molecule has 0 saturated heterocycles. The zero-order valence-corrected chi connectivity index (χ0v) is 24.9. The van der Waals surface area contributed by atoms with Gasteiger partial charge in [-0.1, -0.05) is 84.9 Å². The van der Waals surface area contributed by atoms with Crippen LogP contribution in [0.2, 0.25) is 0 Å². The number of phenolic OH excluding ortho intramolecular Hbond substituents is 1. The lowest BCUT2D eigenvalue weighted by Crippen LogP contribution is -2.33. The minimum atomic E-state index is -4.05. The summed E-state index contributed by atoms with van der Waals surface area (Å²) in [7, 11) is -2.48. The first-order valence-corrected chi connectivity index (χ1v) is 15.6. The molecule has 1 N–H and O–H groups in total. The van der Waals surface area contributed by atoms with Gasteiger partial charge in [-0.3, -0.25) is 9.78 Å². The Bertz CT molecular complexity index is 1870. The smallest absolute Gasteiger partial charge is 0.291 e. The number of pyridine rings is 1. The fraction of sp³-hybridized carbons (Fsp3) is 0.147. The van der Waals surface area contributed by atoms with Crippen LogP contribution >= 0.6 is 0 Å². The van der Waals surface area contributed by atoms with Crippen LogP contribution in [0.4, 0.5) is 0 Å². The molecule has 0 fully saturated rings. The minimum Gasteiger partial charge on any atom is -0.508 e. The van der Waals surface area contributed by atoms with Crippen molar-refractivity contribution in [2.75, 3.05) is 0 Å². The average Bonchev–Trinajstić information content (AvgIpc) is 3.67. The van der Waals surface area contributed by atoms with Gasteiger partial charge < -0.3 is 9.67 Å². The number of amides is 1. The van der Waals surface area contributed by atoms with Crippen LogP contribution in [0.3, 0.4) is 0 Å². The van der Waals surface area contributed by atoms with E-state index in [9.17, 15) is 18.3 Å². The number of hydrogen-bond acceptors (Lipinski definition) is 6. The van der Waals surface area contributed by atoms with Gasteiger partial charge in [-0.2, -0.15) is 9.41 Å². The highest BCUT2D eigenvalue weighted by Gasteiger charge is 2.37.